The summed E-state index contributed by atoms with van der Waals surface area (Å²) >= 11 is 0. The fraction of sp³-hybridized carbons (Fsp3) is 0.842. The van der Waals surface area contributed by atoms with Crippen LogP contribution in [0.25, 0.3) is 0 Å². The Kier molecular flexibility index (Phi) is 4.59. The van der Waals surface area contributed by atoms with Crippen LogP contribution in [0, 0.1) is 46.8 Å². The lowest BCUT2D eigenvalue weighted by Crippen LogP contribution is -2.51. The van der Waals surface area contributed by atoms with Gasteiger partial charge in [-0.2, -0.15) is 5.26 Å². The van der Waals surface area contributed by atoms with Gasteiger partial charge >= 0.3 is 5.97 Å². The predicted molar refractivity (Wildman–Crippen MR) is 88.5 cm³/mol. The molecule has 0 saturated heterocycles. The third kappa shape index (κ3) is 3.16. The summed E-state index contributed by atoms with van der Waals surface area (Å²) < 4.78 is 5.34. The van der Waals surface area contributed by atoms with E-state index < -0.39 is 11.4 Å². The van der Waals surface area contributed by atoms with E-state index in [1.54, 1.807) is 6.92 Å². The number of nitrogens with zero attached hydrogens (tertiary/aromatic N) is 1. The molecule has 0 spiro atoms. The number of hydrogen-bond acceptors (Lipinski definition) is 4. The summed E-state index contributed by atoms with van der Waals surface area (Å²) in [6.07, 6.45) is 5.95. The van der Waals surface area contributed by atoms with Crippen molar-refractivity contribution >= 4 is 11.9 Å². The molecule has 4 bridgehead atoms. The summed E-state index contributed by atoms with van der Waals surface area (Å²) in [4.78, 5) is 24.6. The molecule has 1 atom stereocenters. The average molecular weight is 332 g/mol. The second kappa shape index (κ2) is 6.38. The first-order chi connectivity index (χ1) is 11.3. The monoisotopic (exact) mass is 332 g/mol. The number of carbonyl (C=O) groups is 2. The van der Waals surface area contributed by atoms with Gasteiger partial charge in [-0.05, 0) is 68.6 Å². The van der Waals surface area contributed by atoms with E-state index in [0.717, 1.165) is 37.5 Å². The van der Waals surface area contributed by atoms with Crippen LogP contribution in [-0.4, -0.2) is 24.0 Å². The number of nitriles is 1. The molecule has 5 nitrogen and oxygen atoms in total. The molecule has 24 heavy (non-hydrogen) atoms. The van der Waals surface area contributed by atoms with Gasteiger partial charge in [0.05, 0.1) is 12.0 Å². The minimum atomic E-state index is -0.938. The van der Waals surface area contributed by atoms with Crippen LogP contribution >= 0.6 is 0 Å². The second-order valence-electron chi connectivity index (χ2n) is 8.58. The van der Waals surface area contributed by atoms with E-state index in [0.29, 0.717) is 11.8 Å². The van der Waals surface area contributed by atoms with Crippen LogP contribution < -0.4 is 5.32 Å². The van der Waals surface area contributed by atoms with Crippen molar-refractivity contribution in [2.24, 2.45) is 35.5 Å². The lowest BCUT2D eigenvalue weighted by Gasteiger charge is -2.53. The number of ether oxygens (including phenoxy) is 1. The summed E-state index contributed by atoms with van der Waals surface area (Å²) in [6, 6.07) is 2.13. The fourth-order valence-electron chi connectivity index (χ4n) is 5.17. The van der Waals surface area contributed by atoms with Crippen LogP contribution in [0.15, 0.2) is 0 Å². The summed E-state index contributed by atoms with van der Waals surface area (Å²) in [5.74, 6) is 1.88. The number of carbonyl (C=O) groups excluding carboxylic acids is 2. The molecule has 4 saturated carbocycles. The molecular weight excluding hydrogens is 304 g/mol. The van der Waals surface area contributed by atoms with E-state index >= 15 is 0 Å². The van der Waals surface area contributed by atoms with Crippen molar-refractivity contribution in [1.82, 2.24) is 5.32 Å². The second-order valence-corrected chi connectivity index (χ2v) is 8.58. The average Bonchev–Trinajstić information content (AvgIpc) is 2.51. The normalized spacial score (nSPS) is 36.0. The van der Waals surface area contributed by atoms with Gasteiger partial charge in [-0.15, -0.1) is 0 Å². The zero-order valence-corrected chi connectivity index (χ0v) is 14.9. The van der Waals surface area contributed by atoms with E-state index in [1.165, 1.54) is 6.42 Å². The van der Waals surface area contributed by atoms with Crippen LogP contribution in [0.3, 0.4) is 0 Å². The highest BCUT2D eigenvalue weighted by atomic mass is 16.5. The van der Waals surface area contributed by atoms with Gasteiger partial charge in [0.2, 0.25) is 0 Å². The van der Waals surface area contributed by atoms with E-state index in [4.69, 9.17) is 4.74 Å². The lowest BCUT2D eigenvalue weighted by atomic mass is 9.52. The fourth-order valence-corrected chi connectivity index (χ4v) is 5.17. The van der Waals surface area contributed by atoms with Gasteiger partial charge in [-0.25, -0.2) is 0 Å². The molecule has 0 aliphatic heterocycles. The number of hydrogen-bond donors (Lipinski definition) is 1. The van der Waals surface area contributed by atoms with Gasteiger partial charge in [0, 0.05) is 0 Å². The van der Waals surface area contributed by atoms with Crippen molar-refractivity contribution < 1.29 is 14.3 Å². The Labute approximate surface area is 144 Å². The number of amides is 1. The Morgan fingerprint density at radius 3 is 2.17 bits per heavy atom. The first kappa shape index (κ1) is 17.3. The Hall–Kier alpha value is -1.57. The highest BCUT2D eigenvalue weighted by Gasteiger charge is 2.51. The summed E-state index contributed by atoms with van der Waals surface area (Å²) in [6.45, 7) is 5.16. The van der Waals surface area contributed by atoms with E-state index in [1.807, 2.05) is 13.8 Å². The van der Waals surface area contributed by atoms with Gasteiger partial charge in [0.25, 0.3) is 5.91 Å². The summed E-state index contributed by atoms with van der Waals surface area (Å²) in [7, 11) is 0. The maximum absolute atomic E-state index is 12.5. The summed E-state index contributed by atoms with van der Waals surface area (Å²) in [5.41, 5.74) is -0.938. The van der Waals surface area contributed by atoms with Crippen LogP contribution in [0.4, 0.5) is 0 Å². The van der Waals surface area contributed by atoms with Crippen molar-refractivity contribution in [3.63, 3.8) is 0 Å². The van der Waals surface area contributed by atoms with Crippen LogP contribution in [0.5, 0.6) is 0 Å². The Morgan fingerprint density at radius 1 is 1.17 bits per heavy atom. The molecule has 132 valence electrons. The molecule has 0 aromatic rings. The highest BCUT2D eigenvalue weighted by molar-refractivity contribution is 5.82. The first-order valence-corrected chi connectivity index (χ1v) is 9.21. The molecule has 4 aliphatic rings. The van der Waals surface area contributed by atoms with E-state index in [-0.39, 0.29) is 24.4 Å². The minimum Gasteiger partial charge on any atom is -0.455 e. The maximum atomic E-state index is 12.5. The molecule has 5 heteroatoms. The third-order valence-corrected chi connectivity index (χ3v) is 6.63. The Balaban J connectivity index is 1.53. The zero-order valence-electron chi connectivity index (χ0n) is 14.9. The molecule has 1 amide bonds. The van der Waals surface area contributed by atoms with Gasteiger partial charge in [-0.3, -0.25) is 9.59 Å². The quantitative estimate of drug-likeness (QED) is 0.785. The SMILES string of the molecule is CC(C)[C@@](C)(C#N)NC(=O)COC(=O)C1C2CC3CC(C2)CC1C3. The number of esters is 1. The van der Waals surface area contributed by atoms with Crippen LogP contribution in [0.1, 0.15) is 52.9 Å². The van der Waals surface area contributed by atoms with Gasteiger partial charge in [0.15, 0.2) is 6.61 Å². The molecule has 1 N–H and O–H groups in total. The number of nitrogens with one attached hydrogen (secondary N) is 1. The smallest absolute Gasteiger partial charge is 0.310 e. The molecule has 4 rings (SSSR count). The molecule has 0 aromatic heterocycles. The van der Waals surface area contributed by atoms with Crippen molar-refractivity contribution in [3.8, 4) is 6.07 Å². The van der Waals surface area contributed by atoms with Crippen molar-refractivity contribution in [2.45, 2.75) is 58.4 Å². The van der Waals surface area contributed by atoms with E-state index in [2.05, 4.69) is 11.4 Å². The van der Waals surface area contributed by atoms with Crippen molar-refractivity contribution in [2.75, 3.05) is 6.61 Å². The summed E-state index contributed by atoms with van der Waals surface area (Å²) in [5, 5.41) is 11.9. The lowest BCUT2D eigenvalue weighted by molar-refractivity contribution is -0.165. The van der Waals surface area contributed by atoms with Crippen LogP contribution in [0.2, 0.25) is 0 Å². The van der Waals surface area contributed by atoms with Crippen LogP contribution in [-0.2, 0) is 14.3 Å². The topological polar surface area (TPSA) is 79.2 Å². The predicted octanol–water partition coefficient (Wildman–Crippen LogP) is 2.66. The highest BCUT2D eigenvalue weighted by Crippen LogP contribution is 2.56. The van der Waals surface area contributed by atoms with Crippen molar-refractivity contribution in [3.05, 3.63) is 0 Å². The molecular formula is C19H28N2O3. The van der Waals surface area contributed by atoms with Gasteiger partial charge in [-0.1, -0.05) is 13.8 Å². The maximum Gasteiger partial charge on any atom is 0.310 e. The largest absolute Gasteiger partial charge is 0.455 e. The Morgan fingerprint density at radius 2 is 1.71 bits per heavy atom. The zero-order chi connectivity index (χ0) is 17.5. The molecule has 4 aliphatic carbocycles. The molecule has 0 radical (unpaired) electrons. The van der Waals surface area contributed by atoms with Gasteiger partial charge in [0.1, 0.15) is 5.54 Å². The molecule has 0 heterocycles. The third-order valence-electron chi connectivity index (χ3n) is 6.63. The minimum absolute atomic E-state index is 0.0157. The van der Waals surface area contributed by atoms with Crippen molar-refractivity contribution in [1.29, 1.82) is 5.26 Å². The van der Waals surface area contributed by atoms with Gasteiger partial charge < -0.3 is 10.1 Å². The standard InChI is InChI=1S/C19H28N2O3/c1-11(2)19(3,10-20)21-16(22)9-24-18(23)17-14-5-12-4-13(7-14)8-15(17)6-12/h11-15,17H,4-9H2,1-3H3,(H,21,22)/t12?,13?,14?,15?,17?,19-/m1/s1. The first-order valence-electron chi connectivity index (χ1n) is 9.21. The number of rotatable bonds is 5. The molecule has 0 unspecified atom stereocenters. The molecule has 0 aromatic carbocycles. The Bertz CT molecular complexity index is 537. The molecule has 4 fully saturated rings. The van der Waals surface area contributed by atoms with E-state index in [9.17, 15) is 14.9 Å².